The van der Waals surface area contributed by atoms with E-state index >= 15 is 0 Å². The second-order valence-electron chi connectivity index (χ2n) is 26.6. The van der Waals surface area contributed by atoms with Crippen LogP contribution in [0.3, 0.4) is 0 Å². The number of para-hydroxylation sites is 3. The largest absolute Gasteiger partial charge is 0.309 e. The van der Waals surface area contributed by atoms with E-state index in [1.165, 1.54) is 51.1 Å². The van der Waals surface area contributed by atoms with Crippen molar-refractivity contribution >= 4 is 150 Å². The van der Waals surface area contributed by atoms with Crippen LogP contribution in [-0.4, -0.2) is 33.2 Å². The number of hydrogen-bond acceptors (Lipinski definition) is 5. The number of nitrogens with zero attached hydrogens (tertiary/aromatic N) is 7. The van der Waals surface area contributed by atoms with Gasteiger partial charge in [0.1, 0.15) is 0 Å². The van der Waals surface area contributed by atoms with Crippen molar-refractivity contribution < 1.29 is 0 Å². The summed E-state index contributed by atoms with van der Waals surface area (Å²) in [5.74, 6) is 1.74. The zero-order valence-electron chi connectivity index (χ0n) is 54.7. The third-order valence-electron chi connectivity index (χ3n) is 20.9. The van der Waals surface area contributed by atoms with Crippen molar-refractivity contribution in [2.75, 3.05) is 0 Å². The second kappa shape index (κ2) is 22.2. The van der Waals surface area contributed by atoms with Gasteiger partial charge in [-0.2, -0.15) is 0 Å². The maximum atomic E-state index is 5.55. The molecule has 0 aliphatic rings. The van der Waals surface area contributed by atoms with Gasteiger partial charge in [0.25, 0.3) is 0 Å². The Morgan fingerprint density at radius 1 is 0.186 bits per heavy atom. The Morgan fingerprint density at radius 2 is 0.510 bits per heavy atom. The lowest BCUT2D eigenvalue weighted by Crippen LogP contribution is -2.04. The van der Waals surface area contributed by atoms with Gasteiger partial charge in [-0.15, -0.1) is 22.7 Å². The molecular formula is C93H55N7S2. The summed E-state index contributed by atoms with van der Waals surface area (Å²) >= 11 is 3.71. The topological polar surface area (TPSA) is 58.4 Å². The molecule has 9 heteroatoms. The lowest BCUT2D eigenvalue weighted by Gasteiger charge is -2.17. The zero-order chi connectivity index (χ0) is 66.7. The van der Waals surface area contributed by atoms with Crippen LogP contribution in [0.2, 0.25) is 0 Å². The minimum atomic E-state index is 0.557. The van der Waals surface area contributed by atoms with E-state index in [4.69, 9.17) is 15.0 Å². The van der Waals surface area contributed by atoms with Crippen molar-refractivity contribution in [3.63, 3.8) is 0 Å². The van der Waals surface area contributed by atoms with Gasteiger partial charge < -0.3 is 18.3 Å². The summed E-state index contributed by atoms with van der Waals surface area (Å²) in [7, 11) is 0. The molecule has 0 N–H and O–H groups in total. The molecule has 7 aromatic heterocycles. The van der Waals surface area contributed by atoms with Gasteiger partial charge in [0, 0.05) is 123 Å². The van der Waals surface area contributed by atoms with Crippen LogP contribution in [0.1, 0.15) is 0 Å². The Hall–Kier alpha value is -13.1. The van der Waals surface area contributed by atoms with Gasteiger partial charge in [0.05, 0.1) is 44.1 Å². The number of fused-ring (bicyclic) bond motifs is 21. The highest BCUT2D eigenvalue weighted by atomic mass is 32.1. The third kappa shape index (κ3) is 8.56. The van der Waals surface area contributed by atoms with Crippen molar-refractivity contribution in [2.24, 2.45) is 0 Å². The van der Waals surface area contributed by atoms with Crippen LogP contribution in [0.4, 0.5) is 0 Å². The van der Waals surface area contributed by atoms with Crippen LogP contribution in [0.5, 0.6) is 0 Å². The SMILES string of the molecule is c1ccc(-c2ccc3c(c2)c2cc(-c4ccccc4)ccc2n3-c2cc(-c3nc(-c4ccccc4)nc(-c4ccccc4)n3)cc(-n3c4ccccc4c4c3c3c5ccccc5n(-c5ccc6sc7ccccc7c6c5)c3c3c5ccccc5n(-c5ccc6sc7ccccc7c6c5)c43)c2)cc1. The fraction of sp³-hybridized carbons (Fsp3) is 0. The van der Waals surface area contributed by atoms with E-state index in [1.54, 1.807) is 0 Å². The predicted octanol–water partition coefficient (Wildman–Crippen LogP) is 25.3. The Morgan fingerprint density at radius 3 is 0.931 bits per heavy atom. The molecule has 22 aromatic rings. The molecule has 7 nitrogen and oxygen atoms in total. The lowest BCUT2D eigenvalue weighted by atomic mass is 10.0. The normalized spacial score (nSPS) is 12.1. The lowest BCUT2D eigenvalue weighted by molar-refractivity contribution is 1.07. The first kappa shape index (κ1) is 56.9. The molecule has 15 aromatic carbocycles. The van der Waals surface area contributed by atoms with E-state index < -0.39 is 0 Å². The monoisotopic (exact) mass is 1330 g/mol. The van der Waals surface area contributed by atoms with Crippen molar-refractivity contribution in [2.45, 2.75) is 0 Å². The number of benzene rings is 15. The van der Waals surface area contributed by atoms with Crippen molar-refractivity contribution in [3.05, 3.63) is 334 Å². The predicted molar refractivity (Wildman–Crippen MR) is 430 cm³/mol. The Kier molecular flexibility index (Phi) is 12.4. The van der Waals surface area contributed by atoms with Crippen LogP contribution in [0, 0.1) is 0 Å². The third-order valence-corrected chi connectivity index (χ3v) is 23.2. The molecule has 0 radical (unpaired) electrons. The second-order valence-corrected chi connectivity index (χ2v) is 28.8. The Balaban J connectivity index is 0.921. The van der Waals surface area contributed by atoms with E-state index in [0.717, 1.165) is 138 Å². The van der Waals surface area contributed by atoms with Gasteiger partial charge in [-0.1, -0.05) is 224 Å². The standard InChI is InChI=1S/C93H55N7S2/c1-5-23-56(24-6-1)60-41-45-79-72(51-60)73-52-61(57-25-7-2-8-26-57)42-46-80(73)97(79)65-49-62(93-95-91(58-27-9-3-10-28-58)94-92(96-93)59-29-11-4-12-30-59)50-66(53-65)100-78-38-20-15-35-71(78)87-89-85(69-33-13-18-36-76(69)98(89)63-43-47-83-74(54-63)67-31-16-21-39-81(67)101-83)88-86(90(87)100)70-34-14-19-37-77(70)99(88)64-44-48-84-75(55-64)68-32-17-22-40-82(68)102-84/h1-55H. The van der Waals surface area contributed by atoms with Gasteiger partial charge in [-0.25, -0.2) is 15.0 Å². The molecule has 474 valence electrons. The molecule has 102 heavy (non-hydrogen) atoms. The summed E-state index contributed by atoms with van der Waals surface area (Å²) in [6.45, 7) is 0. The molecule has 0 atom stereocenters. The fourth-order valence-electron chi connectivity index (χ4n) is 16.5. The Labute approximate surface area is 592 Å². The first-order valence-electron chi connectivity index (χ1n) is 34.6. The minimum absolute atomic E-state index is 0.557. The molecule has 0 saturated heterocycles. The van der Waals surface area contributed by atoms with Crippen LogP contribution in [0.15, 0.2) is 334 Å². The highest BCUT2D eigenvalue weighted by molar-refractivity contribution is 7.26. The number of hydrogen-bond donors (Lipinski definition) is 0. The summed E-state index contributed by atoms with van der Waals surface area (Å²) in [5, 5.41) is 14.3. The van der Waals surface area contributed by atoms with E-state index in [-0.39, 0.29) is 0 Å². The summed E-state index contributed by atoms with van der Waals surface area (Å²) in [6, 6.07) is 122. The molecule has 0 aliphatic carbocycles. The van der Waals surface area contributed by atoms with Crippen LogP contribution < -0.4 is 0 Å². The molecule has 0 bridgehead atoms. The van der Waals surface area contributed by atoms with Crippen molar-refractivity contribution in [3.8, 4) is 79.2 Å². The Bertz CT molecular complexity index is 6940. The van der Waals surface area contributed by atoms with Gasteiger partial charge in [-0.05, 0) is 131 Å². The highest BCUT2D eigenvalue weighted by Crippen LogP contribution is 2.52. The van der Waals surface area contributed by atoms with Crippen molar-refractivity contribution in [1.29, 1.82) is 0 Å². The smallest absolute Gasteiger partial charge is 0.164 e. The van der Waals surface area contributed by atoms with Crippen LogP contribution in [0.25, 0.3) is 207 Å². The molecule has 0 aliphatic heterocycles. The molecule has 0 amide bonds. The van der Waals surface area contributed by atoms with Crippen molar-refractivity contribution in [1.82, 2.24) is 33.2 Å². The van der Waals surface area contributed by atoms with E-state index in [2.05, 4.69) is 340 Å². The number of aromatic nitrogens is 7. The van der Waals surface area contributed by atoms with Gasteiger partial charge >= 0.3 is 0 Å². The summed E-state index contributed by atoms with van der Waals surface area (Å²) in [6.07, 6.45) is 0. The van der Waals surface area contributed by atoms with E-state index in [0.29, 0.717) is 17.5 Å². The van der Waals surface area contributed by atoms with Gasteiger partial charge in [0.15, 0.2) is 17.5 Å². The molecule has 0 spiro atoms. The van der Waals surface area contributed by atoms with Gasteiger partial charge in [0.2, 0.25) is 0 Å². The first-order valence-corrected chi connectivity index (χ1v) is 36.2. The van der Waals surface area contributed by atoms with Crippen LogP contribution >= 0.6 is 22.7 Å². The number of rotatable bonds is 9. The first-order chi connectivity index (χ1) is 50.6. The molecule has 0 unspecified atom stereocenters. The van der Waals surface area contributed by atoms with Gasteiger partial charge in [-0.3, -0.25) is 0 Å². The van der Waals surface area contributed by atoms with E-state index in [9.17, 15) is 0 Å². The molecule has 0 saturated carbocycles. The minimum Gasteiger partial charge on any atom is -0.309 e. The highest BCUT2D eigenvalue weighted by Gasteiger charge is 2.31. The fourth-order valence-corrected chi connectivity index (χ4v) is 18.7. The maximum Gasteiger partial charge on any atom is 0.164 e. The van der Waals surface area contributed by atoms with Crippen LogP contribution in [-0.2, 0) is 0 Å². The zero-order valence-corrected chi connectivity index (χ0v) is 56.3. The van der Waals surface area contributed by atoms with E-state index in [1.807, 2.05) is 34.8 Å². The average Bonchev–Trinajstić information content (AvgIpc) is 1.50. The molecule has 7 heterocycles. The quantitative estimate of drug-likeness (QED) is 0.145. The summed E-state index contributed by atoms with van der Waals surface area (Å²) in [5.41, 5.74) is 20.2. The molecular weight excluding hydrogens is 1280 g/mol. The summed E-state index contributed by atoms with van der Waals surface area (Å²) in [4.78, 5) is 16.4. The summed E-state index contributed by atoms with van der Waals surface area (Å²) < 4.78 is 15.3. The molecule has 0 fully saturated rings. The number of thiophene rings is 2. The maximum absolute atomic E-state index is 5.55. The molecule has 22 rings (SSSR count). The average molecular weight is 1330 g/mol.